The standard InChI is InChI=1S/C12H16N4O5/c1-6(2)5-8(12(18)19)15-11-9(16(20)21)7(10(13)17)3-4-14-11/h3-4,6,8H,5H2,1-2H3,(H2,13,17)(H,14,15)(H,18,19)/t8-/m0/s1. The molecule has 4 N–H and O–H groups in total. The van der Waals surface area contributed by atoms with Gasteiger partial charge in [-0.15, -0.1) is 0 Å². The number of hydrogen-bond acceptors (Lipinski definition) is 6. The molecule has 0 spiro atoms. The number of carbonyl (C=O) groups is 2. The van der Waals surface area contributed by atoms with Gasteiger partial charge in [0.15, 0.2) is 0 Å². The van der Waals surface area contributed by atoms with Crippen molar-refractivity contribution in [3.8, 4) is 0 Å². The molecule has 0 aliphatic heterocycles. The third kappa shape index (κ3) is 4.13. The molecule has 21 heavy (non-hydrogen) atoms. The van der Waals surface area contributed by atoms with E-state index >= 15 is 0 Å². The van der Waals surface area contributed by atoms with Crippen LogP contribution in [0.4, 0.5) is 11.5 Å². The van der Waals surface area contributed by atoms with E-state index in [-0.39, 0.29) is 23.7 Å². The molecule has 1 aromatic heterocycles. The lowest BCUT2D eigenvalue weighted by Gasteiger charge is -2.17. The molecule has 1 heterocycles. The lowest BCUT2D eigenvalue weighted by Crippen LogP contribution is -2.31. The maximum atomic E-state index is 11.2. The Morgan fingerprint density at radius 3 is 2.57 bits per heavy atom. The fraction of sp³-hybridized carbons (Fsp3) is 0.417. The van der Waals surface area contributed by atoms with Crippen LogP contribution in [0.5, 0.6) is 0 Å². The summed E-state index contributed by atoms with van der Waals surface area (Å²) in [5.41, 5.74) is 4.12. The van der Waals surface area contributed by atoms with Crippen molar-refractivity contribution in [2.24, 2.45) is 11.7 Å². The van der Waals surface area contributed by atoms with Crippen molar-refractivity contribution in [1.29, 1.82) is 0 Å². The van der Waals surface area contributed by atoms with Crippen LogP contribution in [0.2, 0.25) is 0 Å². The van der Waals surface area contributed by atoms with Crippen LogP contribution in [0.1, 0.15) is 30.6 Å². The number of primary amides is 1. The molecule has 1 rings (SSSR count). The first kappa shape index (κ1) is 16.3. The zero-order valence-electron chi connectivity index (χ0n) is 11.6. The predicted molar refractivity (Wildman–Crippen MR) is 73.9 cm³/mol. The van der Waals surface area contributed by atoms with Crippen LogP contribution >= 0.6 is 0 Å². The van der Waals surface area contributed by atoms with Crippen molar-refractivity contribution in [1.82, 2.24) is 4.98 Å². The van der Waals surface area contributed by atoms with Gasteiger partial charge in [-0.25, -0.2) is 9.78 Å². The maximum absolute atomic E-state index is 11.2. The molecule has 0 aliphatic carbocycles. The van der Waals surface area contributed by atoms with Gasteiger partial charge < -0.3 is 16.2 Å². The van der Waals surface area contributed by atoms with E-state index in [4.69, 9.17) is 10.8 Å². The minimum Gasteiger partial charge on any atom is -0.480 e. The van der Waals surface area contributed by atoms with Gasteiger partial charge in [-0.2, -0.15) is 0 Å². The van der Waals surface area contributed by atoms with Crippen LogP contribution in [0.25, 0.3) is 0 Å². The van der Waals surface area contributed by atoms with Gasteiger partial charge in [-0.1, -0.05) is 13.8 Å². The number of aliphatic carboxylic acids is 1. The van der Waals surface area contributed by atoms with Crippen LogP contribution in [-0.4, -0.2) is 32.9 Å². The molecule has 9 nitrogen and oxygen atoms in total. The van der Waals surface area contributed by atoms with Crippen molar-refractivity contribution in [3.63, 3.8) is 0 Å². The Morgan fingerprint density at radius 1 is 1.52 bits per heavy atom. The summed E-state index contributed by atoms with van der Waals surface area (Å²) in [5, 5.41) is 22.7. The van der Waals surface area contributed by atoms with Crippen LogP contribution in [0.3, 0.4) is 0 Å². The summed E-state index contributed by atoms with van der Waals surface area (Å²) in [6, 6.07) is 0.0588. The molecule has 0 fully saturated rings. The number of rotatable bonds is 7. The van der Waals surface area contributed by atoms with Crippen molar-refractivity contribution in [2.45, 2.75) is 26.3 Å². The number of nitrogens with zero attached hydrogens (tertiary/aromatic N) is 2. The van der Waals surface area contributed by atoms with Gasteiger partial charge in [0, 0.05) is 6.20 Å². The highest BCUT2D eigenvalue weighted by Gasteiger charge is 2.28. The smallest absolute Gasteiger partial charge is 0.326 e. The molecular weight excluding hydrogens is 280 g/mol. The molecule has 0 radical (unpaired) electrons. The molecule has 1 amide bonds. The number of amides is 1. The molecule has 1 aromatic rings. The van der Waals surface area contributed by atoms with Crippen molar-refractivity contribution < 1.29 is 19.6 Å². The molecule has 114 valence electrons. The SMILES string of the molecule is CC(C)C[C@H](Nc1nccc(C(N)=O)c1[N+](=O)[O-])C(=O)O. The fourth-order valence-electron chi connectivity index (χ4n) is 1.80. The molecule has 0 saturated carbocycles. The van der Waals surface area contributed by atoms with Crippen LogP contribution in [0.15, 0.2) is 12.3 Å². The summed E-state index contributed by atoms with van der Waals surface area (Å²) in [4.78, 5) is 36.4. The van der Waals surface area contributed by atoms with Gasteiger partial charge in [0.1, 0.15) is 11.6 Å². The second-order valence-electron chi connectivity index (χ2n) is 4.84. The van der Waals surface area contributed by atoms with E-state index in [0.29, 0.717) is 0 Å². The highest BCUT2D eigenvalue weighted by Crippen LogP contribution is 2.27. The monoisotopic (exact) mass is 296 g/mol. The highest BCUT2D eigenvalue weighted by molar-refractivity contribution is 5.99. The number of nitrogens with one attached hydrogen (secondary N) is 1. The van der Waals surface area contributed by atoms with Crippen molar-refractivity contribution in [3.05, 3.63) is 27.9 Å². The molecule has 1 atom stereocenters. The third-order valence-corrected chi connectivity index (χ3v) is 2.69. The first-order valence-electron chi connectivity index (χ1n) is 6.16. The number of carboxylic acid groups (broad SMARTS) is 1. The zero-order chi connectivity index (χ0) is 16.2. The average molecular weight is 296 g/mol. The number of pyridine rings is 1. The quantitative estimate of drug-likeness (QED) is 0.502. The first-order valence-corrected chi connectivity index (χ1v) is 6.16. The minimum absolute atomic E-state index is 0.0528. The summed E-state index contributed by atoms with van der Waals surface area (Å²) in [5.74, 6) is -2.38. The second-order valence-corrected chi connectivity index (χ2v) is 4.84. The summed E-state index contributed by atoms with van der Waals surface area (Å²) >= 11 is 0. The number of aromatic nitrogens is 1. The number of nitro groups is 1. The molecule has 9 heteroatoms. The Labute approximate surface area is 120 Å². The van der Waals surface area contributed by atoms with Gasteiger partial charge in [0.05, 0.1) is 4.92 Å². The van der Waals surface area contributed by atoms with Crippen molar-refractivity contribution in [2.75, 3.05) is 5.32 Å². The zero-order valence-corrected chi connectivity index (χ0v) is 11.6. The molecule has 0 aliphatic rings. The van der Waals surface area contributed by atoms with Gasteiger partial charge in [-0.05, 0) is 18.4 Å². The number of anilines is 1. The Kier molecular flexibility index (Phi) is 5.17. The van der Waals surface area contributed by atoms with E-state index in [0.717, 1.165) is 12.3 Å². The Bertz CT molecular complexity index is 573. The maximum Gasteiger partial charge on any atom is 0.326 e. The first-order chi connectivity index (χ1) is 9.73. The second kappa shape index (κ2) is 6.64. The van der Waals surface area contributed by atoms with Crippen LogP contribution < -0.4 is 11.1 Å². The van der Waals surface area contributed by atoms with Crippen LogP contribution in [0, 0.1) is 16.0 Å². The summed E-state index contributed by atoms with van der Waals surface area (Å²) in [6.07, 6.45) is 1.40. The normalized spacial score (nSPS) is 12.0. The number of hydrogen-bond donors (Lipinski definition) is 3. The van der Waals surface area contributed by atoms with E-state index < -0.39 is 28.5 Å². The highest BCUT2D eigenvalue weighted by atomic mass is 16.6. The molecule has 0 bridgehead atoms. The van der Waals surface area contributed by atoms with E-state index in [9.17, 15) is 19.7 Å². The average Bonchev–Trinajstić information content (AvgIpc) is 2.36. The van der Waals surface area contributed by atoms with Gasteiger partial charge in [0.2, 0.25) is 5.82 Å². The van der Waals surface area contributed by atoms with E-state index in [2.05, 4.69) is 10.3 Å². The topological polar surface area (TPSA) is 148 Å². The minimum atomic E-state index is -1.16. The Balaban J connectivity index is 3.23. The Hall–Kier alpha value is -2.71. The summed E-state index contributed by atoms with van der Waals surface area (Å²) in [6.45, 7) is 3.64. The molecule has 0 saturated heterocycles. The Morgan fingerprint density at radius 2 is 2.14 bits per heavy atom. The van der Waals surface area contributed by atoms with Crippen LogP contribution in [-0.2, 0) is 4.79 Å². The van der Waals surface area contributed by atoms with Gasteiger partial charge >= 0.3 is 11.7 Å². The van der Waals surface area contributed by atoms with E-state index in [1.807, 2.05) is 13.8 Å². The molecular formula is C12H16N4O5. The predicted octanol–water partition coefficient (Wildman–Crippen LogP) is 1.000. The lowest BCUT2D eigenvalue weighted by atomic mass is 10.0. The number of nitrogens with two attached hydrogens (primary N) is 1. The van der Waals surface area contributed by atoms with E-state index in [1.165, 1.54) is 0 Å². The summed E-state index contributed by atoms with van der Waals surface area (Å²) < 4.78 is 0. The van der Waals surface area contributed by atoms with Crippen molar-refractivity contribution >= 4 is 23.4 Å². The van der Waals surface area contributed by atoms with E-state index in [1.54, 1.807) is 0 Å². The number of carbonyl (C=O) groups excluding carboxylic acids is 1. The largest absolute Gasteiger partial charge is 0.480 e. The van der Waals surface area contributed by atoms with Gasteiger partial charge in [-0.3, -0.25) is 14.9 Å². The lowest BCUT2D eigenvalue weighted by molar-refractivity contribution is -0.384. The van der Waals surface area contributed by atoms with Gasteiger partial charge in [0.25, 0.3) is 5.91 Å². The fourth-order valence-corrected chi connectivity index (χ4v) is 1.80. The molecule has 0 unspecified atom stereocenters. The third-order valence-electron chi connectivity index (χ3n) is 2.69. The number of carboxylic acids is 1. The summed E-state index contributed by atoms with van der Waals surface area (Å²) in [7, 11) is 0. The molecule has 0 aromatic carbocycles.